The lowest BCUT2D eigenvalue weighted by molar-refractivity contribution is -0.120. The van der Waals surface area contributed by atoms with E-state index in [-0.39, 0.29) is 18.2 Å². The first-order valence-corrected chi connectivity index (χ1v) is 11.9. The Balaban J connectivity index is 1.71. The lowest BCUT2D eigenvalue weighted by Crippen LogP contribution is -2.44. The van der Waals surface area contributed by atoms with Gasteiger partial charge in [-0.05, 0) is 53.0 Å². The average Bonchev–Trinajstić information content (AvgIpc) is 2.67. The van der Waals surface area contributed by atoms with Crippen LogP contribution in [0.1, 0.15) is 18.4 Å². The molecule has 1 fully saturated rings. The molecule has 1 atom stereocenters. The van der Waals surface area contributed by atoms with E-state index in [0.29, 0.717) is 40.7 Å². The van der Waals surface area contributed by atoms with Crippen molar-refractivity contribution in [2.24, 2.45) is 5.92 Å². The van der Waals surface area contributed by atoms with Crippen molar-refractivity contribution in [2.45, 2.75) is 18.6 Å². The fourth-order valence-electron chi connectivity index (χ4n) is 3.15. The number of hydrogen-bond donors (Lipinski definition) is 1. The number of hydrogen-bond acceptors (Lipinski definition) is 3. The van der Waals surface area contributed by atoms with Gasteiger partial charge in [-0.1, -0.05) is 41.4 Å². The third kappa shape index (κ3) is 5.07. The second kappa shape index (κ2) is 9.13. The SMILES string of the molecule is O=C(Nc1ccccc1Br)C1CCCN(S(=O)(=O)Cc2c(Cl)cccc2Cl)C1. The smallest absolute Gasteiger partial charge is 0.228 e. The summed E-state index contributed by atoms with van der Waals surface area (Å²) >= 11 is 15.6. The highest BCUT2D eigenvalue weighted by Gasteiger charge is 2.33. The molecule has 1 aliphatic heterocycles. The standard InChI is InChI=1S/C19H19BrCl2N2O3S/c20-15-6-1-2-9-18(15)23-19(25)13-5-4-10-24(11-13)28(26,27)12-14-16(21)7-3-8-17(14)22/h1-3,6-9,13H,4-5,10-12H2,(H,23,25). The minimum atomic E-state index is -3.65. The van der Waals surface area contributed by atoms with Gasteiger partial charge in [-0.3, -0.25) is 4.79 Å². The van der Waals surface area contributed by atoms with E-state index in [1.807, 2.05) is 18.2 Å². The second-order valence-electron chi connectivity index (χ2n) is 6.62. The number of para-hydroxylation sites is 1. The Morgan fingerprint density at radius 2 is 1.82 bits per heavy atom. The zero-order valence-corrected chi connectivity index (χ0v) is 18.8. The summed E-state index contributed by atoms with van der Waals surface area (Å²) < 4.78 is 28.0. The Bertz CT molecular complexity index is 965. The molecule has 0 bridgehead atoms. The van der Waals surface area contributed by atoms with E-state index in [2.05, 4.69) is 21.2 Å². The Labute approximate surface area is 183 Å². The van der Waals surface area contributed by atoms with Gasteiger partial charge >= 0.3 is 0 Å². The maximum absolute atomic E-state index is 12.9. The van der Waals surface area contributed by atoms with Gasteiger partial charge in [0.25, 0.3) is 0 Å². The van der Waals surface area contributed by atoms with Crippen molar-refractivity contribution in [1.82, 2.24) is 4.31 Å². The summed E-state index contributed by atoms with van der Waals surface area (Å²) in [7, 11) is -3.65. The first kappa shape index (κ1) is 21.6. The van der Waals surface area contributed by atoms with E-state index < -0.39 is 15.9 Å². The van der Waals surface area contributed by atoms with Crippen LogP contribution in [0, 0.1) is 5.92 Å². The van der Waals surface area contributed by atoms with Gasteiger partial charge in [-0.25, -0.2) is 12.7 Å². The van der Waals surface area contributed by atoms with E-state index in [9.17, 15) is 13.2 Å². The van der Waals surface area contributed by atoms with Crippen molar-refractivity contribution in [3.63, 3.8) is 0 Å². The van der Waals surface area contributed by atoms with E-state index in [1.54, 1.807) is 24.3 Å². The average molecular weight is 506 g/mol. The first-order valence-electron chi connectivity index (χ1n) is 8.74. The molecule has 0 spiro atoms. The summed E-state index contributed by atoms with van der Waals surface area (Å²) in [5.41, 5.74) is 1.04. The van der Waals surface area contributed by atoms with Crippen LogP contribution in [0.5, 0.6) is 0 Å². The van der Waals surface area contributed by atoms with Gasteiger partial charge < -0.3 is 5.32 Å². The third-order valence-corrected chi connectivity index (χ3v) is 7.84. The molecule has 28 heavy (non-hydrogen) atoms. The van der Waals surface area contributed by atoms with Crippen molar-refractivity contribution >= 4 is 60.7 Å². The van der Waals surface area contributed by atoms with E-state index >= 15 is 0 Å². The molecule has 1 heterocycles. The van der Waals surface area contributed by atoms with Crippen molar-refractivity contribution in [3.8, 4) is 0 Å². The predicted octanol–water partition coefficient (Wildman–Crippen LogP) is 4.94. The van der Waals surface area contributed by atoms with Crippen LogP contribution in [0.4, 0.5) is 5.69 Å². The van der Waals surface area contributed by atoms with Gasteiger partial charge in [0, 0.05) is 33.2 Å². The van der Waals surface area contributed by atoms with Gasteiger partial charge in [0.15, 0.2) is 0 Å². The molecule has 3 rings (SSSR count). The molecule has 1 unspecified atom stereocenters. The van der Waals surface area contributed by atoms with Crippen LogP contribution < -0.4 is 5.32 Å². The maximum Gasteiger partial charge on any atom is 0.228 e. The summed E-state index contributed by atoms with van der Waals surface area (Å²) in [5.74, 6) is -0.899. The van der Waals surface area contributed by atoms with E-state index in [0.717, 1.165) is 4.47 Å². The number of benzene rings is 2. The molecular weight excluding hydrogens is 487 g/mol. The normalized spacial score (nSPS) is 18.0. The number of carbonyl (C=O) groups is 1. The Kier molecular flexibility index (Phi) is 7.04. The maximum atomic E-state index is 12.9. The van der Waals surface area contributed by atoms with Crippen LogP contribution in [-0.2, 0) is 20.6 Å². The highest BCUT2D eigenvalue weighted by Crippen LogP contribution is 2.29. The number of anilines is 1. The monoisotopic (exact) mass is 504 g/mol. The van der Waals surface area contributed by atoms with Gasteiger partial charge in [-0.15, -0.1) is 0 Å². The summed E-state index contributed by atoms with van der Waals surface area (Å²) in [6.07, 6.45) is 1.25. The first-order chi connectivity index (χ1) is 13.3. The van der Waals surface area contributed by atoms with Crippen LogP contribution in [0.25, 0.3) is 0 Å². The highest BCUT2D eigenvalue weighted by molar-refractivity contribution is 9.10. The molecule has 5 nitrogen and oxygen atoms in total. The number of amides is 1. The van der Waals surface area contributed by atoms with Crippen LogP contribution >= 0.6 is 39.1 Å². The van der Waals surface area contributed by atoms with E-state index in [4.69, 9.17) is 23.2 Å². The van der Waals surface area contributed by atoms with Gasteiger partial charge in [0.05, 0.1) is 17.4 Å². The fraction of sp³-hybridized carbons (Fsp3) is 0.316. The molecule has 1 saturated heterocycles. The summed E-state index contributed by atoms with van der Waals surface area (Å²) in [6.45, 7) is 0.518. The van der Waals surface area contributed by atoms with Gasteiger partial charge in [0.1, 0.15) is 0 Å². The summed E-state index contributed by atoms with van der Waals surface area (Å²) in [5, 5.41) is 3.50. The van der Waals surface area contributed by atoms with Crippen molar-refractivity contribution in [2.75, 3.05) is 18.4 Å². The largest absolute Gasteiger partial charge is 0.325 e. The molecule has 0 aromatic heterocycles. The molecule has 1 amide bonds. The zero-order valence-electron chi connectivity index (χ0n) is 14.9. The number of piperidine rings is 1. The van der Waals surface area contributed by atoms with Crippen LogP contribution in [-0.4, -0.2) is 31.7 Å². The van der Waals surface area contributed by atoms with Crippen molar-refractivity contribution in [3.05, 3.63) is 62.5 Å². The van der Waals surface area contributed by atoms with Gasteiger partial charge in [-0.2, -0.15) is 0 Å². The quantitative estimate of drug-likeness (QED) is 0.626. The Morgan fingerprint density at radius 1 is 1.14 bits per heavy atom. The second-order valence-corrected chi connectivity index (χ2v) is 10.3. The number of halogens is 3. The van der Waals surface area contributed by atoms with E-state index in [1.165, 1.54) is 4.31 Å². The number of carbonyl (C=O) groups excluding carboxylic acids is 1. The number of rotatable bonds is 5. The van der Waals surface area contributed by atoms with Crippen LogP contribution in [0.15, 0.2) is 46.9 Å². The minimum absolute atomic E-state index is 0.140. The Hall–Kier alpha value is -1.12. The molecule has 2 aromatic rings. The highest BCUT2D eigenvalue weighted by atomic mass is 79.9. The number of sulfonamides is 1. The molecule has 1 N–H and O–H groups in total. The topological polar surface area (TPSA) is 66.5 Å². The zero-order chi connectivity index (χ0) is 20.3. The van der Waals surface area contributed by atoms with Crippen LogP contribution in [0.3, 0.4) is 0 Å². The third-order valence-electron chi connectivity index (χ3n) is 4.67. The van der Waals surface area contributed by atoms with Gasteiger partial charge in [0.2, 0.25) is 15.9 Å². The predicted molar refractivity (Wildman–Crippen MR) is 116 cm³/mol. The molecule has 1 aliphatic rings. The number of nitrogens with zero attached hydrogens (tertiary/aromatic N) is 1. The lowest BCUT2D eigenvalue weighted by Gasteiger charge is -2.31. The molecule has 9 heteroatoms. The molecule has 0 saturated carbocycles. The molecule has 150 valence electrons. The summed E-state index contributed by atoms with van der Waals surface area (Å²) in [6, 6.07) is 12.2. The van der Waals surface area contributed by atoms with Crippen molar-refractivity contribution in [1.29, 1.82) is 0 Å². The lowest BCUT2D eigenvalue weighted by atomic mass is 9.99. The summed E-state index contributed by atoms with van der Waals surface area (Å²) in [4.78, 5) is 12.7. The fourth-order valence-corrected chi connectivity index (χ4v) is 5.90. The molecule has 0 radical (unpaired) electrons. The minimum Gasteiger partial charge on any atom is -0.325 e. The molecule has 2 aromatic carbocycles. The molecule has 0 aliphatic carbocycles. The molecular formula is C19H19BrCl2N2O3S. The Morgan fingerprint density at radius 3 is 2.50 bits per heavy atom. The van der Waals surface area contributed by atoms with Crippen LogP contribution in [0.2, 0.25) is 10.0 Å². The van der Waals surface area contributed by atoms with Crippen molar-refractivity contribution < 1.29 is 13.2 Å². The number of nitrogens with one attached hydrogen (secondary N) is 1.